The van der Waals surface area contributed by atoms with Crippen molar-refractivity contribution in [1.29, 1.82) is 0 Å². The van der Waals surface area contributed by atoms with E-state index in [4.69, 9.17) is 4.74 Å². The zero-order chi connectivity index (χ0) is 15.9. The number of imidazole rings is 1. The van der Waals surface area contributed by atoms with Crippen LogP contribution in [0.1, 0.15) is 18.4 Å². The minimum Gasteiger partial charge on any atom is -0.367 e. The van der Waals surface area contributed by atoms with Crippen LogP contribution in [0.4, 0.5) is 0 Å². The predicted molar refractivity (Wildman–Crippen MR) is 87.6 cm³/mol. The molecule has 1 aliphatic heterocycles. The lowest BCUT2D eigenvalue weighted by Gasteiger charge is -2.33. The number of piperidine rings is 1. The molecule has 1 aliphatic rings. The summed E-state index contributed by atoms with van der Waals surface area (Å²) in [5.74, 6) is 0.590. The van der Waals surface area contributed by atoms with Crippen LogP contribution < -0.4 is 0 Å². The number of benzene rings is 1. The Bertz CT molecular complexity index is 598. The summed E-state index contributed by atoms with van der Waals surface area (Å²) in [6, 6.07) is 9.94. The molecule has 23 heavy (non-hydrogen) atoms. The van der Waals surface area contributed by atoms with Crippen molar-refractivity contribution < 1.29 is 9.53 Å². The molecule has 1 saturated heterocycles. The SMILES string of the molecule is O=C(COCc1ccccc1)N1CCC[C@H](Cn2ccnc2)C1. The van der Waals surface area contributed by atoms with Crippen LogP contribution in [0.5, 0.6) is 0 Å². The highest BCUT2D eigenvalue weighted by Crippen LogP contribution is 2.18. The number of aromatic nitrogens is 2. The highest BCUT2D eigenvalue weighted by molar-refractivity contribution is 5.77. The van der Waals surface area contributed by atoms with E-state index in [1.807, 2.05) is 47.8 Å². The third kappa shape index (κ3) is 4.66. The van der Waals surface area contributed by atoms with Gasteiger partial charge in [0.15, 0.2) is 0 Å². The summed E-state index contributed by atoms with van der Waals surface area (Å²) >= 11 is 0. The second kappa shape index (κ2) is 7.92. The first kappa shape index (κ1) is 15.7. The van der Waals surface area contributed by atoms with Crippen molar-refractivity contribution in [2.24, 2.45) is 5.92 Å². The molecule has 0 N–H and O–H groups in total. The van der Waals surface area contributed by atoms with Crippen LogP contribution in [-0.2, 0) is 22.7 Å². The van der Waals surface area contributed by atoms with Gasteiger partial charge in [0.1, 0.15) is 6.61 Å². The molecule has 3 rings (SSSR count). The number of carbonyl (C=O) groups is 1. The van der Waals surface area contributed by atoms with Gasteiger partial charge in [-0.2, -0.15) is 0 Å². The van der Waals surface area contributed by atoms with Crippen molar-refractivity contribution in [2.75, 3.05) is 19.7 Å². The molecule has 1 amide bonds. The smallest absolute Gasteiger partial charge is 0.248 e. The van der Waals surface area contributed by atoms with Crippen molar-refractivity contribution >= 4 is 5.91 Å². The van der Waals surface area contributed by atoms with Gasteiger partial charge in [-0.1, -0.05) is 30.3 Å². The molecule has 1 aromatic heterocycles. The van der Waals surface area contributed by atoms with Gasteiger partial charge < -0.3 is 14.2 Å². The van der Waals surface area contributed by atoms with Crippen LogP contribution in [0.3, 0.4) is 0 Å². The van der Waals surface area contributed by atoms with Crippen molar-refractivity contribution in [1.82, 2.24) is 14.5 Å². The first-order valence-corrected chi connectivity index (χ1v) is 8.16. The maximum Gasteiger partial charge on any atom is 0.248 e. The second-order valence-electron chi connectivity index (χ2n) is 6.09. The van der Waals surface area contributed by atoms with Gasteiger partial charge in [-0.3, -0.25) is 4.79 Å². The average Bonchev–Trinajstić information content (AvgIpc) is 3.09. The Morgan fingerprint density at radius 3 is 2.96 bits per heavy atom. The van der Waals surface area contributed by atoms with Crippen LogP contribution in [0.2, 0.25) is 0 Å². The zero-order valence-electron chi connectivity index (χ0n) is 13.3. The van der Waals surface area contributed by atoms with Gasteiger partial charge in [0.25, 0.3) is 0 Å². The number of ether oxygens (including phenoxy) is 1. The van der Waals surface area contributed by atoms with E-state index < -0.39 is 0 Å². The quantitative estimate of drug-likeness (QED) is 0.822. The first-order valence-electron chi connectivity index (χ1n) is 8.16. The summed E-state index contributed by atoms with van der Waals surface area (Å²) in [7, 11) is 0. The average molecular weight is 313 g/mol. The molecule has 0 aliphatic carbocycles. The Morgan fingerprint density at radius 2 is 2.17 bits per heavy atom. The Balaban J connectivity index is 1.43. The van der Waals surface area contributed by atoms with Crippen LogP contribution in [0.25, 0.3) is 0 Å². The van der Waals surface area contributed by atoms with Gasteiger partial charge in [0, 0.05) is 32.0 Å². The highest BCUT2D eigenvalue weighted by atomic mass is 16.5. The monoisotopic (exact) mass is 313 g/mol. The lowest BCUT2D eigenvalue weighted by molar-refractivity contribution is -0.138. The maximum absolute atomic E-state index is 12.3. The van der Waals surface area contributed by atoms with Crippen LogP contribution >= 0.6 is 0 Å². The van der Waals surface area contributed by atoms with Crippen LogP contribution in [0, 0.1) is 5.92 Å². The number of hydrogen-bond acceptors (Lipinski definition) is 3. The normalized spacial score (nSPS) is 18.1. The molecule has 0 radical (unpaired) electrons. The van der Waals surface area contributed by atoms with Gasteiger partial charge in [0.05, 0.1) is 12.9 Å². The van der Waals surface area contributed by atoms with E-state index in [1.165, 1.54) is 0 Å². The second-order valence-corrected chi connectivity index (χ2v) is 6.09. The molecule has 5 nitrogen and oxygen atoms in total. The summed E-state index contributed by atoms with van der Waals surface area (Å²) in [6.07, 6.45) is 7.83. The van der Waals surface area contributed by atoms with Gasteiger partial charge >= 0.3 is 0 Å². The van der Waals surface area contributed by atoms with E-state index in [9.17, 15) is 4.79 Å². The first-order chi connectivity index (χ1) is 11.3. The van der Waals surface area contributed by atoms with E-state index in [-0.39, 0.29) is 12.5 Å². The summed E-state index contributed by atoms with van der Waals surface area (Å²) in [4.78, 5) is 18.3. The van der Waals surface area contributed by atoms with Crippen molar-refractivity contribution in [2.45, 2.75) is 26.0 Å². The standard InChI is InChI=1S/C18H23N3O2/c22-18(14-23-13-16-5-2-1-3-6-16)21-9-4-7-17(12-21)11-20-10-8-19-15-20/h1-3,5-6,8,10,15,17H,4,7,9,11-14H2/t17-/m1/s1. The molecule has 1 atom stereocenters. The Labute approximate surface area is 136 Å². The fourth-order valence-electron chi connectivity index (χ4n) is 3.06. The number of nitrogens with zero attached hydrogens (tertiary/aromatic N) is 3. The molecule has 0 unspecified atom stereocenters. The highest BCUT2D eigenvalue weighted by Gasteiger charge is 2.23. The fourth-order valence-corrected chi connectivity index (χ4v) is 3.06. The zero-order valence-corrected chi connectivity index (χ0v) is 13.3. The van der Waals surface area contributed by atoms with Crippen LogP contribution in [0.15, 0.2) is 49.1 Å². The third-order valence-corrected chi connectivity index (χ3v) is 4.24. The number of likely N-dealkylation sites (tertiary alicyclic amines) is 1. The maximum atomic E-state index is 12.3. The minimum absolute atomic E-state index is 0.0938. The summed E-state index contributed by atoms with van der Waals surface area (Å²) < 4.78 is 7.66. The number of amides is 1. The molecular formula is C18H23N3O2. The molecule has 2 aromatic rings. The van der Waals surface area contributed by atoms with E-state index in [0.717, 1.165) is 38.0 Å². The fraction of sp³-hybridized carbons (Fsp3) is 0.444. The van der Waals surface area contributed by atoms with Crippen molar-refractivity contribution in [3.05, 3.63) is 54.6 Å². The lowest BCUT2D eigenvalue weighted by atomic mass is 9.98. The topological polar surface area (TPSA) is 47.4 Å². The Kier molecular flexibility index (Phi) is 5.42. The summed E-state index contributed by atoms with van der Waals surface area (Å²) in [5, 5.41) is 0. The third-order valence-electron chi connectivity index (χ3n) is 4.24. The Morgan fingerprint density at radius 1 is 1.30 bits per heavy atom. The number of rotatable bonds is 6. The van der Waals surface area contributed by atoms with Gasteiger partial charge in [-0.05, 0) is 24.3 Å². The largest absolute Gasteiger partial charge is 0.367 e. The van der Waals surface area contributed by atoms with Gasteiger partial charge in [-0.25, -0.2) is 4.98 Å². The van der Waals surface area contributed by atoms with Gasteiger partial charge in [0.2, 0.25) is 5.91 Å². The van der Waals surface area contributed by atoms with Crippen LogP contribution in [-0.4, -0.2) is 40.1 Å². The molecular weight excluding hydrogens is 290 g/mol. The molecule has 5 heteroatoms. The summed E-state index contributed by atoms with van der Waals surface area (Å²) in [5.41, 5.74) is 1.09. The number of hydrogen-bond donors (Lipinski definition) is 0. The summed E-state index contributed by atoms with van der Waals surface area (Å²) in [6.45, 7) is 3.22. The van der Waals surface area contributed by atoms with E-state index in [2.05, 4.69) is 9.55 Å². The molecule has 0 spiro atoms. The van der Waals surface area contributed by atoms with E-state index in [0.29, 0.717) is 12.5 Å². The molecule has 1 aromatic carbocycles. The molecule has 2 heterocycles. The van der Waals surface area contributed by atoms with Crippen molar-refractivity contribution in [3.63, 3.8) is 0 Å². The number of carbonyl (C=O) groups excluding carboxylic acids is 1. The molecule has 0 bridgehead atoms. The lowest BCUT2D eigenvalue weighted by Crippen LogP contribution is -2.42. The van der Waals surface area contributed by atoms with E-state index in [1.54, 1.807) is 6.20 Å². The van der Waals surface area contributed by atoms with Gasteiger partial charge in [-0.15, -0.1) is 0 Å². The Hall–Kier alpha value is -2.14. The molecule has 0 saturated carbocycles. The van der Waals surface area contributed by atoms with E-state index >= 15 is 0 Å². The molecule has 1 fully saturated rings. The minimum atomic E-state index is 0.0938. The predicted octanol–water partition coefficient (Wildman–Crippen LogP) is 2.34. The molecule has 122 valence electrons. The van der Waals surface area contributed by atoms with Crippen molar-refractivity contribution in [3.8, 4) is 0 Å².